The van der Waals surface area contributed by atoms with E-state index in [1.54, 1.807) is 0 Å². The molecule has 19 heavy (non-hydrogen) atoms. The third-order valence-electron chi connectivity index (χ3n) is 3.50. The standard InChI is InChI=1S/C15H21NO3/c1-2-19-13-6-4-12(5-7-13)10-14(17)16-11-15(18)8-3-9-15/h4-7,18H,2-3,8-11H2,1H3,(H,16,17). The van der Waals surface area contributed by atoms with E-state index in [-0.39, 0.29) is 5.91 Å². The summed E-state index contributed by atoms with van der Waals surface area (Å²) in [6, 6.07) is 7.52. The second kappa shape index (κ2) is 6.06. The lowest BCUT2D eigenvalue weighted by Crippen LogP contribution is -2.48. The molecule has 4 heteroatoms. The Balaban J connectivity index is 1.78. The van der Waals surface area contributed by atoms with Crippen LogP contribution in [0.4, 0.5) is 0 Å². The highest BCUT2D eigenvalue weighted by molar-refractivity contribution is 5.78. The highest BCUT2D eigenvalue weighted by Crippen LogP contribution is 2.30. The molecule has 0 saturated heterocycles. The summed E-state index contributed by atoms with van der Waals surface area (Å²) in [4.78, 5) is 11.8. The average Bonchev–Trinajstić information content (AvgIpc) is 2.37. The molecule has 0 bridgehead atoms. The molecule has 0 unspecified atom stereocenters. The van der Waals surface area contributed by atoms with E-state index < -0.39 is 5.60 Å². The van der Waals surface area contributed by atoms with Gasteiger partial charge in [-0.25, -0.2) is 0 Å². The van der Waals surface area contributed by atoms with Crippen LogP contribution in [0.3, 0.4) is 0 Å². The second-order valence-corrected chi connectivity index (χ2v) is 5.11. The van der Waals surface area contributed by atoms with Gasteiger partial charge in [-0.05, 0) is 43.9 Å². The molecule has 4 nitrogen and oxygen atoms in total. The van der Waals surface area contributed by atoms with Crippen LogP contribution in [0.2, 0.25) is 0 Å². The molecule has 2 rings (SSSR count). The van der Waals surface area contributed by atoms with E-state index in [0.29, 0.717) is 19.6 Å². The first-order valence-electron chi connectivity index (χ1n) is 6.82. The van der Waals surface area contributed by atoms with Crippen molar-refractivity contribution in [1.82, 2.24) is 5.32 Å². The molecule has 104 valence electrons. The van der Waals surface area contributed by atoms with Gasteiger partial charge in [-0.1, -0.05) is 12.1 Å². The fraction of sp³-hybridized carbons (Fsp3) is 0.533. The molecular formula is C15H21NO3. The summed E-state index contributed by atoms with van der Waals surface area (Å²) >= 11 is 0. The number of ether oxygens (including phenoxy) is 1. The van der Waals surface area contributed by atoms with Gasteiger partial charge in [0.2, 0.25) is 5.91 Å². The number of carbonyl (C=O) groups is 1. The van der Waals surface area contributed by atoms with Crippen molar-refractivity contribution in [3.63, 3.8) is 0 Å². The van der Waals surface area contributed by atoms with Gasteiger partial charge in [-0.15, -0.1) is 0 Å². The third kappa shape index (κ3) is 3.96. The number of benzene rings is 1. The summed E-state index contributed by atoms with van der Waals surface area (Å²) in [5.74, 6) is 0.764. The molecule has 0 atom stereocenters. The highest BCUT2D eigenvalue weighted by atomic mass is 16.5. The minimum Gasteiger partial charge on any atom is -0.494 e. The first kappa shape index (κ1) is 13.9. The van der Waals surface area contributed by atoms with E-state index in [1.807, 2.05) is 31.2 Å². The van der Waals surface area contributed by atoms with E-state index in [1.165, 1.54) is 0 Å². The Labute approximate surface area is 113 Å². The zero-order valence-electron chi connectivity index (χ0n) is 11.3. The minimum atomic E-state index is -0.658. The second-order valence-electron chi connectivity index (χ2n) is 5.11. The first-order chi connectivity index (χ1) is 9.11. The maximum Gasteiger partial charge on any atom is 0.224 e. The molecule has 2 N–H and O–H groups in total. The van der Waals surface area contributed by atoms with Crippen LogP contribution in [0.5, 0.6) is 5.75 Å². The number of carbonyl (C=O) groups excluding carboxylic acids is 1. The van der Waals surface area contributed by atoms with Gasteiger partial charge < -0.3 is 15.2 Å². The Morgan fingerprint density at radius 1 is 1.37 bits per heavy atom. The Kier molecular flexibility index (Phi) is 4.43. The number of amides is 1. The van der Waals surface area contributed by atoms with Gasteiger partial charge in [0.15, 0.2) is 0 Å². The number of aliphatic hydroxyl groups is 1. The van der Waals surface area contributed by atoms with Crippen molar-refractivity contribution >= 4 is 5.91 Å². The predicted molar refractivity (Wildman–Crippen MR) is 73.1 cm³/mol. The Morgan fingerprint density at radius 2 is 2.05 bits per heavy atom. The zero-order chi connectivity index (χ0) is 13.7. The fourth-order valence-electron chi connectivity index (χ4n) is 2.14. The molecule has 1 aliphatic rings. The van der Waals surface area contributed by atoms with Crippen molar-refractivity contribution in [3.8, 4) is 5.75 Å². The van der Waals surface area contributed by atoms with E-state index in [9.17, 15) is 9.90 Å². The van der Waals surface area contributed by atoms with Gasteiger partial charge in [0, 0.05) is 6.54 Å². The van der Waals surface area contributed by atoms with Crippen molar-refractivity contribution in [2.24, 2.45) is 0 Å². The molecule has 1 amide bonds. The summed E-state index contributed by atoms with van der Waals surface area (Å²) in [6.07, 6.45) is 2.96. The summed E-state index contributed by atoms with van der Waals surface area (Å²) in [5, 5.41) is 12.7. The number of nitrogens with one attached hydrogen (secondary N) is 1. The van der Waals surface area contributed by atoms with Crippen LogP contribution in [0, 0.1) is 0 Å². The topological polar surface area (TPSA) is 58.6 Å². The van der Waals surface area contributed by atoms with Gasteiger partial charge in [-0.2, -0.15) is 0 Å². The quantitative estimate of drug-likeness (QED) is 0.820. The van der Waals surface area contributed by atoms with Crippen LogP contribution in [0.1, 0.15) is 31.7 Å². The smallest absolute Gasteiger partial charge is 0.224 e. The molecule has 1 aromatic carbocycles. The molecule has 1 fully saturated rings. The maximum atomic E-state index is 11.8. The lowest BCUT2D eigenvalue weighted by atomic mass is 9.80. The van der Waals surface area contributed by atoms with Crippen LogP contribution < -0.4 is 10.1 Å². The molecular weight excluding hydrogens is 242 g/mol. The predicted octanol–water partition coefficient (Wildman–Crippen LogP) is 1.66. The van der Waals surface area contributed by atoms with Gasteiger partial charge in [-0.3, -0.25) is 4.79 Å². The molecule has 0 radical (unpaired) electrons. The van der Waals surface area contributed by atoms with Gasteiger partial charge >= 0.3 is 0 Å². The molecule has 0 heterocycles. The summed E-state index contributed by atoms with van der Waals surface area (Å²) in [6.45, 7) is 2.94. The third-order valence-corrected chi connectivity index (χ3v) is 3.50. The van der Waals surface area contributed by atoms with E-state index in [4.69, 9.17) is 4.74 Å². The summed E-state index contributed by atoms with van der Waals surface area (Å²) in [7, 11) is 0. The molecule has 1 saturated carbocycles. The fourth-order valence-corrected chi connectivity index (χ4v) is 2.14. The Morgan fingerprint density at radius 3 is 2.58 bits per heavy atom. The first-order valence-corrected chi connectivity index (χ1v) is 6.82. The Hall–Kier alpha value is -1.55. The normalized spacial score (nSPS) is 16.5. The van der Waals surface area contributed by atoms with Crippen LogP contribution in [-0.2, 0) is 11.2 Å². The number of hydrogen-bond acceptors (Lipinski definition) is 3. The van der Waals surface area contributed by atoms with Crippen molar-refractivity contribution < 1.29 is 14.6 Å². The molecule has 1 aromatic rings. The average molecular weight is 263 g/mol. The summed E-state index contributed by atoms with van der Waals surface area (Å²) in [5.41, 5.74) is 0.288. The number of hydrogen-bond donors (Lipinski definition) is 2. The number of rotatable bonds is 6. The maximum absolute atomic E-state index is 11.8. The van der Waals surface area contributed by atoms with E-state index in [2.05, 4.69) is 5.32 Å². The van der Waals surface area contributed by atoms with Gasteiger partial charge in [0.05, 0.1) is 18.6 Å². The van der Waals surface area contributed by atoms with Crippen LogP contribution in [0.25, 0.3) is 0 Å². The van der Waals surface area contributed by atoms with Crippen molar-refractivity contribution in [1.29, 1.82) is 0 Å². The SMILES string of the molecule is CCOc1ccc(CC(=O)NCC2(O)CCC2)cc1. The molecule has 0 aromatic heterocycles. The Bertz CT molecular complexity index is 424. The van der Waals surface area contributed by atoms with Crippen LogP contribution >= 0.6 is 0 Å². The van der Waals surface area contributed by atoms with Crippen molar-refractivity contribution in [3.05, 3.63) is 29.8 Å². The zero-order valence-corrected chi connectivity index (χ0v) is 11.3. The van der Waals surface area contributed by atoms with Gasteiger partial charge in [0.1, 0.15) is 5.75 Å². The highest BCUT2D eigenvalue weighted by Gasteiger charge is 2.34. The van der Waals surface area contributed by atoms with Crippen molar-refractivity contribution in [2.75, 3.05) is 13.2 Å². The molecule has 0 aliphatic heterocycles. The lowest BCUT2D eigenvalue weighted by molar-refractivity contribution is -0.122. The minimum absolute atomic E-state index is 0.0514. The summed E-state index contributed by atoms with van der Waals surface area (Å²) < 4.78 is 5.35. The van der Waals surface area contributed by atoms with Crippen molar-refractivity contribution in [2.45, 2.75) is 38.2 Å². The van der Waals surface area contributed by atoms with E-state index in [0.717, 1.165) is 30.6 Å². The molecule has 1 aliphatic carbocycles. The monoisotopic (exact) mass is 263 g/mol. The van der Waals surface area contributed by atoms with Crippen LogP contribution in [-0.4, -0.2) is 29.8 Å². The molecule has 0 spiro atoms. The van der Waals surface area contributed by atoms with Gasteiger partial charge in [0.25, 0.3) is 0 Å². The largest absolute Gasteiger partial charge is 0.494 e. The van der Waals surface area contributed by atoms with Crippen LogP contribution in [0.15, 0.2) is 24.3 Å². The lowest BCUT2D eigenvalue weighted by Gasteiger charge is -2.36. The van der Waals surface area contributed by atoms with E-state index >= 15 is 0 Å².